The van der Waals surface area contributed by atoms with Crippen LogP contribution < -0.4 is 20.3 Å². The third-order valence-corrected chi connectivity index (χ3v) is 7.31. The second-order valence-electron chi connectivity index (χ2n) is 8.04. The van der Waals surface area contributed by atoms with Crippen LogP contribution in [0.25, 0.3) is 11.7 Å². The van der Waals surface area contributed by atoms with Crippen LogP contribution in [0.15, 0.2) is 53.0 Å². The van der Waals surface area contributed by atoms with Gasteiger partial charge in [0.1, 0.15) is 34.4 Å². The Hall–Kier alpha value is -4.17. The number of aromatic nitrogens is 2. The lowest BCUT2D eigenvalue weighted by Gasteiger charge is -2.13. The number of nitriles is 1. The Bertz CT molecular complexity index is 1540. The van der Waals surface area contributed by atoms with Crippen LogP contribution in [0.2, 0.25) is 0 Å². The van der Waals surface area contributed by atoms with Gasteiger partial charge in [0.2, 0.25) is 5.88 Å². The molecule has 3 heterocycles. The Morgan fingerprint density at radius 2 is 1.97 bits per heavy atom. The van der Waals surface area contributed by atoms with E-state index in [-0.39, 0.29) is 34.9 Å². The first kappa shape index (κ1) is 24.0. The third-order valence-electron chi connectivity index (χ3n) is 5.54. The number of fused-ring (bicyclic) bond motifs is 1. The highest BCUT2D eigenvalue weighted by atomic mass is 32.2. The highest BCUT2D eigenvalue weighted by molar-refractivity contribution is 7.91. The van der Waals surface area contributed by atoms with Gasteiger partial charge in [-0.25, -0.2) is 8.42 Å². The number of nitrogens with one attached hydrogen (secondary N) is 1. The molecule has 1 aliphatic heterocycles. The Kier molecular flexibility index (Phi) is 6.57. The fourth-order valence-electron chi connectivity index (χ4n) is 3.71. The molecule has 4 rings (SSSR count). The molecule has 0 bridgehead atoms. The van der Waals surface area contributed by atoms with Crippen LogP contribution in [0.3, 0.4) is 0 Å². The minimum atomic E-state index is -3.22. The van der Waals surface area contributed by atoms with Crippen LogP contribution in [0.4, 0.5) is 0 Å². The molecule has 0 unspecified atom stereocenters. The van der Waals surface area contributed by atoms with Crippen molar-refractivity contribution in [2.24, 2.45) is 0 Å². The second-order valence-corrected chi connectivity index (χ2v) is 10.3. The number of amides is 1. The summed E-state index contributed by atoms with van der Waals surface area (Å²) in [6.45, 7) is 1.79. The van der Waals surface area contributed by atoms with E-state index < -0.39 is 27.3 Å². The normalized spacial score (nSPS) is 17.1. The molecule has 2 aromatic heterocycles. The number of ether oxygens (including phenoxy) is 2. The van der Waals surface area contributed by atoms with Crippen molar-refractivity contribution in [3.05, 3.63) is 69.6 Å². The molecule has 0 aliphatic carbocycles. The molecule has 0 radical (unpaired) electrons. The average Bonchev–Trinajstić information content (AvgIpc) is 3.18. The summed E-state index contributed by atoms with van der Waals surface area (Å²) in [4.78, 5) is 30.6. The van der Waals surface area contributed by atoms with Crippen molar-refractivity contribution in [3.8, 4) is 23.4 Å². The number of carbonyl (C=O) groups excluding carboxylic acids is 1. The largest absolute Gasteiger partial charge is 0.497 e. The molecule has 0 saturated carbocycles. The standard InChI is InChI=1S/C24H22N4O6S/c1-15-4-3-10-28-21(15)27-23(34-19-7-5-18(33-2)6-8-19)20(24(28)30)12-16(13-25)22(29)26-17-9-11-35(31,32)14-17/h3-8,10,12,17H,9,11,14H2,1-2H3,(H,26,29)/b16-12+/t17-/m0/s1. The summed E-state index contributed by atoms with van der Waals surface area (Å²) >= 11 is 0. The van der Waals surface area contributed by atoms with Gasteiger partial charge in [-0.2, -0.15) is 10.2 Å². The summed E-state index contributed by atoms with van der Waals surface area (Å²) in [5.41, 5.74) is 0.0685. The van der Waals surface area contributed by atoms with Crippen LogP contribution in [-0.4, -0.2) is 48.4 Å². The maximum absolute atomic E-state index is 13.4. The van der Waals surface area contributed by atoms with Gasteiger partial charge < -0.3 is 14.8 Å². The minimum Gasteiger partial charge on any atom is -0.497 e. The minimum absolute atomic E-state index is 0.0291. The smallest absolute Gasteiger partial charge is 0.269 e. The molecule has 1 saturated heterocycles. The fraction of sp³-hybridized carbons (Fsp3) is 0.250. The van der Waals surface area contributed by atoms with Crippen molar-refractivity contribution in [2.75, 3.05) is 18.6 Å². The second kappa shape index (κ2) is 9.60. The number of hydrogen-bond donors (Lipinski definition) is 1. The first-order valence-electron chi connectivity index (χ1n) is 10.7. The van der Waals surface area contributed by atoms with Crippen LogP contribution in [0.5, 0.6) is 17.4 Å². The maximum atomic E-state index is 13.4. The van der Waals surface area contributed by atoms with Crippen LogP contribution in [-0.2, 0) is 14.6 Å². The van der Waals surface area contributed by atoms with Gasteiger partial charge in [-0.05, 0) is 55.3 Å². The van der Waals surface area contributed by atoms with E-state index in [2.05, 4.69) is 10.3 Å². The zero-order valence-electron chi connectivity index (χ0n) is 19.0. The molecule has 180 valence electrons. The van der Waals surface area contributed by atoms with E-state index in [1.165, 1.54) is 17.7 Å². The molecule has 11 heteroatoms. The van der Waals surface area contributed by atoms with E-state index in [0.717, 1.165) is 11.6 Å². The van der Waals surface area contributed by atoms with E-state index in [0.29, 0.717) is 17.1 Å². The predicted molar refractivity (Wildman–Crippen MR) is 128 cm³/mol. The first-order chi connectivity index (χ1) is 16.7. The molecule has 0 spiro atoms. The Morgan fingerprint density at radius 3 is 2.60 bits per heavy atom. The number of rotatable bonds is 6. The number of carbonyl (C=O) groups is 1. The fourth-order valence-corrected chi connectivity index (χ4v) is 5.39. The molecule has 3 aromatic rings. The maximum Gasteiger partial charge on any atom is 0.269 e. The lowest BCUT2D eigenvalue weighted by molar-refractivity contribution is -0.117. The number of pyridine rings is 1. The third kappa shape index (κ3) is 5.17. The van der Waals surface area contributed by atoms with Gasteiger partial charge in [0.25, 0.3) is 11.5 Å². The van der Waals surface area contributed by atoms with Crippen LogP contribution in [0.1, 0.15) is 17.5 Å². The zero-order valence-corrected chi connectivity index (χ0v) is 19.8. The molecule has 1 aliphatic rings. The number of hydrogen-bond acceptors (Lipinski definition) is 8. The molecule has 1 fully saturated rings. The number of aryl methyl sites for hydroxylation is 1. The lowest BCUT2D eigenvalue weighted by Crippen LogP contribution is -2.36. The topological polar surface area (TPSA) is 140 Å². The number of benzene rings is 1. The SMILES string of the molecule is COc1ccc(Oc2nc3c(C)cccn3c(=O)c2/C=C(\C#N)C(=O)N[C@H]2CCS(=O)(=O)C2)cc1. The summed E-state index contributed by atoms with van der Waals surface area (Å²) < 4.78 is 35.7. The van der Waals surface area contributed by atoms with E-state index in [4.69, 9.17) is 9.47 Å². The van der Waals surface area contributed by atoms with Gasteiger partial charge in [-0.3, -0.25) is 14.0 Å². The van der Waals surface area contributed by atoms with Gasteiger partial charge in [0.05, 0.1) is 18.6 Å². The van der Waals surface area contributed by atoms with Gasteiger partial charge in [0, 0.05) is 12.2 Å². The van der Waals surface area contributed by atoms with E-state index in [1.807, 2.05) is 0 Å². The highest BCUT2D eigenvalue weighted by Gasteiger charge is 2.30. The summed E-state index contributed by atoms with van der Waals surface area (Å²) in [6.07, 6.45) is 2.90. The first-order valence-corrected chi connectivity index (χ1v) is 12.5. The van der Waals surface area contributed by atoms with Crippen molar-refractivity contribution in [2.45, 2.75) is 19.4 Å². The molecule has 10 nitrogen and oxygen atoms in total. The van der Waals surface area contributed by atoms with Gasteiger partial charge in [0.15, 0.2) is 9.84 Å². The number of sulfone groups is 1. The highest BCUT2D eigenvalue weighted by Crippen LogP contribution is 2.26. The van der Waals surface area contributed by atoms with Crippen LogP contribution >= 0.6 is 0 Å². The van der Waals surface area contributed by atoms with E-state index in [9.17, 15) is 23.3 Å². The van der Waals surface area contributed by atoms with E-state index >= 15 is 0 Å². The van der Waals surface area contributed by atoms with Crippen molar-refractivity contribution in [1.29, 1.82) is 5.26 Å². The Morgan fingerprint density at radius 1 is 1.26 bits per heavy atom. The lowest BCUT2D eigenvalue weighted by atomic mass is 10.1. The van der Waals surface area contributed by atoms with Gasteiger partial charge in [-0.15, -0.1) is 0 Å². The van der Waals surface area contributed by atoms with Crippen molar-refractivity contribution >= 4 is 27.5 Å². The van der Waals surface area contributed by atoms with Crippen molar-refractivity contribution in [1.82, 2.24) is 14.7 Å². The summed E-state index contributed by atoms with van der Waals surface area (Å²) in [5, 5.41) is 12.2. The zero-order chi connectivity index (χ0) is 25.2. The number of methoxy groups -OCH3 is 1. The van der Waals surface area contributed by atoms with Gasteiger partial charge >= 0.3 is 0 Å². The predicted octanol–water partition coefficient (Wildman–Crippen LogP) is 2.01. The Balaban J connectivity index is 1.77. The van der Waals surface area contributed by atoms with Crippen LogP contribution in [0, 0.1) is 18.3 Å². The summed E-state index contributed by atoms with van der Waals surface area (Å²) in [5.74, 6) is -0.111. The summed E-state index contributed by atoms with van der Waals surface area (Å²) in [6, 6.07) is 11.3. The number of nitrogens with zero attached hydrogens (tertiary/aromatic N) is 3. The van der Waals surface area contributed by atoms with Crippen molar-refractivity contribution in [3.63, 3.8) is 0 Å². The molecule has 1 N–H and O–H groups in total. The molecular formula is C24H22N4O6S. The molecular weight excluding hydrogens is 472 g/mol. The van der Waals surface area contributed by atoms with Crippen molar-refractivity contribution < 1.29 is 22.7 Å². The monoisotopic (exact) mass is 494 g/mol. The molecule has 1 atom stereocenters. The van der Waals surface area contributed by atoms with E-state index in [1.54, 1.807) is 49.4 Å². The molecule has 1 amide bonds. The molecule has 35 heavy (non-hydrogen) atoms. The van der Waals surface area contributed by atoms with Gasteiger partial charge in [-0.1, -0.05) is 6.07 Å². The Labute approximate surface area is 201 Å². The molecule has 1 aromatic carbocycles. The quantitative estimate of drug-likeness (QED) is 0.405. The summed E-state index contributed by atoms with van der Waals surface area (Å²) in [7, 11) is -1.69. The average molecular weight is 495 g/mol.